The van der Waals surface area contributed by atoms with Crippen molar-refractivity contribution < 1.29 is 4.42 Å². The lowest BCUT2D eigenvalue weighted by Crippen LogP contribution is -2.46. The van der Waals surface area contributed by atoms with Crippen LogP contribution in [0.15, 0.2) is 51.7 Å². The number of nitrogens with zero attached hydrogens (tertiary/aromatic N) is 4. The van der Waals surface area contributed by atoms with E-state index < -0.39 is 0 Å². The summed E-state index contributed by atoms with van der Waals surface area (Å²) in [6.45, 7) is 6.96. The number of oxazole rings is 1. The Morgan fingerprint density at radius 2 is 1.96 bits per heavy atom. The predicted octanol–water partition coefficient (Wildman–Crippen LogP) is 2.67. The number of aromatic nitrogens is 2. The summed E-state index contributed by atoms with van der Waals surface area (Å²) in [4.78, 5) is 21.0. The molecule has 27 heavy (non-hydrogen) atoms. The molecule has 1 aliphatic rings. The van der Waals surface area contributed by atoms with Crippen molar-refractivity contribution in [3.8, 4) is 0 Å². The molecule has 0 radical (unpaired) electrons. The SMILES string of the molecule is Cc1cccc(N2CCN(CC=Cc3ccc4c(c3)oc(=O)n4C)CC2)n1. The Labute approximate surface area is 158 Å². The Morgan fingerprint density at radius 1 is 1.15 bits per heavy atom. The van der Waals surface area contributed by atoms with Crippen molar-refractivity contribution >= 4 is 23.0 Å². The van der Waals surface area contributed by atoms with E-state index in [1.54, 1.807) is 7.05 Å². The highest BCUT2D eigenvalue weighted by Gasteiger charge is 2.17. The van der Waals surface area contributed by atoms with Crippen LogP contribution in [0.2, 0.25) is 0 Å². The van der Waals surface area contributed by atoms with Crippen LogP contribution in [0.1, 0.15) is 11.3 Å². The van der Waals surface area contributed by atoms with Crippen LogP contribution in [0.3, 0.4) is 0 Å². The van der Waals surface area contributed by atoms with Gasteiger partial charge in [0.15, 0.2) is 5.58 Å². The lowest BCUT2D eigenvalue weighted by Gasteiger charge is -2.35. The van der Waals surface area contributed by atoms with Gasteiger partial charge >= 0.3 is 5.76 Å². The van der Waals surface area contributed by atoms with Crippen molar-refractivity contribution in [3.05, 3.63) is 64.3 Å². The molecule has 1 aliphatic heterocycles. The summed E-state index contributed by atoms with van der Waals surface area (Å²) in [5.41, 5.74) is 3.55. The molecule has 0 aliphatic carbocycles. The first-order chi connectivity index (χ1) is 13.1. The molecule has 1 aromatic carbocycles. The largest absolute Gasteiger partial charge is 0.419 e. The van der Waals surface area contributed by atoms with Crippen molar-refractivity contribution in [1.82, 2.24) is 14.5 Å². The molecule has 4 rings (SSSR count). The van der Waals surface area contributed by atoms with Crippen LogP contribution in [0, 0.1) is 6.92 Å². The van der Waals surface area contributed by atoms with E-state index in [0.717, 1.165) is 55.3 Å². The van der Waals surface area contributed by atoms with Gasteiger partial charge in [0.25, 0.3) is 0 Å². The van der Waals surface area contributed by atoms with Gasteiger partial charge in [0.05, 0.1) is 5.52 Å². The van der Waals surface area contributed by atoms with Crippen LogP contribution in [0.25, 0.3) is 17.2 Å². The molecule has 0 atom stereocenters. The number of rotatable bonds is 4. The summed E-state index contributed by atoms with van der Waals surface area (Å²) in [6, 6.07) is 12.0. The maximum absolute atomic E-state index is 11.6. The zero-order valence-electron chi connectivity index (χ0n) is 15.8. The average molecular weight is 364 g/mol. The Morgan fingerprint density at radius 3 is 2.74 bits per heavy atom. The van der Waals surface area contributed by atoms with E-state index in [2.05, 4.69) is 39.1 Å². The number of piperazine rings is 1. The van der Waals surface area contributed by atoms with E-state index in [1.165, 1.54) is 4.57 Å². The van der Waals surface area contributed by atoms with E-state index in [0.29, 0.717) is 5.58 Å². The molecule has 6 heteroatoms. The van der Waals surface area contributed by atoms with Gasteiger partial charge in [-0.25, -0.2) is 9.78 Å². The molecule has 0 spiro atoms. The molecular formula is C21H24N4O2. The number of hydrogen-bond acceptors (Lipinski definition) is 5. The van der Waals surface area contributed by atoms with Crippen molar-refractivity contribution in [3.63, 3.8) is 0 Å². The van der Waals surface area contributed by atoms with E-state index in [1.807, 2.05) is 31.2 Å². The van der Waals surface area contributed by atoms with Crippen molar-refractivity contribution in [2.75, 3.05) is 37.6 Å². The van der Waals surface area contributed by atoms with Gasteiger partial charge in [-0.15, -0.1) is 0 Å². The van der Waals surface area contributed by atoms with Gasteiger partial charge in [-0.1, -0.05) is 24.3 Å². The molecule has 0 amide bonds. The summed E-state index contributed by atoms with van der Waals surface area (Å²) in [7, 11) is 1.72. The summed E-state index contributed by atoms with van der Waals surface area (Å²) in [5, 5.41) is 0. The van der Waals surface area contributed by atoms with Crippen molar-refractivity contribution in [2.45, 2.75) is 6.92 Å². The van der Waals surface area contributed by atoms with Crippen LogP contribution in [-0.2, 0) is 7.05 Å². The Kier molecular flexibility index (Phi) is 4.81. The van der Waals surface area contributed by atoms with Crippen LogP contribution < -0.4 is 10.7 Å². The van der Waals surface area contributed by atoms with Crippen LogP contribution >= 0.6 is 0 Å². The Balaban J connectivity index is 1.34. The lowest BCUT2D eigenvalue weighted by atomic mass is 10.2. The number of aryl methyl sites for hydroxylation is 2. The Hall–Kier alpha value is -2.86. The first-order valence-corrected chi connectivity index (χ1v) is 9.27. The van der Waals surface area contributed by atoms with Crippen molar-refractivity contribution in [1.29, 1.82) is 0 Å². The van der Waals surface area contributed by atoms with Gasteiger partial charge in [-0.3, -0.25) is 9.47 Å². The second-order valence-electron chi connectivity index (χ2n) is 6.98. The quantitative estimate of drug-likeness (QED) is 0.712. The van der Waals surface area contributed by atoms with E-state index in [-0.39, 0.29) is 5.76 Å². The number of anilines is 1. The highest BCUT2D eigenvalue weighted by molar-refractivity contribution is 5.76. The summed E-state index contributed by atoms with van der Waals surface area (Å²) < 4.78 is 6.77. The van der Waals surface area contributed by atoms with Crippen molar-refractivity contribution in [2.24, 2.45) is 7.05 Å². The average Bonchev–Trinajstić information content (AvgIpc) is 2.96. The van der Waals surface area contributed by atoms with E-state index in [9.17, 15) is 4.79 Å². The fourth-order valence-corrected chi connectivity index (χ4v) is 3.46. The minimum atomic E-state index is -0.327. The molecule has 1 saturated heterocycles. The normalized spacial score (nSPS) is 15.9. The first-order valence-electron chi connectivity index (χ1n) is 9.27. The van der Waals surface area contributed by atoms with Crippen LogP contribution in [0.4, 0.5) is 5.82 Å². The molecule has 6 nitrogen and oxygen atoms in total. The summed E-state index contributed by atoms with van der Waals surface area (Å²) >= 11 is 0. The zero-order chi connectivity index (χ0) is 18.8. The third kappa shape index (κ3) is 3.80. The molecule has 140 valence electrons. The van der Waals surface area contributed by atoms with Gasteiger partial charge in [0.2, 0.25) is 0 Å². The monoisotopic (exact) mass is 364 g/mol. The fraction of sp³-hybridized carbons (Fsp3) is 0.333. The van der Waals surface area contributed by atoms with Gasteiger partial charge in [-0.05, 0) is 36.8 Å². The minimum absolute atomic E-state index is 0.327. The molecule has 0 N–H and O–H groups in total. The Bertz CT molecular complexity index is 1030. The first kappa shape index (κ1) is 17.5. The fourth-order valence-electron chi connectivity index (χ4n) is 3.46. The molecule has 3 heterocycles. The summed E-state index contributed by atoms with van der Waals surface area (Å²) in [5.74, 6) is 0.745. The van der Waals surface area contributed by atoms with Gasteiger partial charge in [0, 0.05) is 45.5 Å². The molecule has 0 saturated carbocycles. The second-order valence-corrected chi connectivity index (χ2v) is 6.98. The van der Waals surface area contributed by atoms with Gasteiger partial charge in [0.1, 0.15) is 5.82 Å². The van der Waals surface area contributed by atoms with Crippen LogP contribution in [0.5, 0.6) is 0 Å². The van der Waals surface area contributed by atoms with E-state index >= 15 is 0 Å². The highest BCUT2D eigenvalue weighted by atomic mass is 16.4. The third-order valence-corrected chi connectivity index (χ3v) is 5.06. The standard InChI is InChI=1S/C21H24N4O2/c1-16-5-3-7-20(22-16)25-13-11-24(12-14-25)10-4-6-17-8-9-18-19(15-17)27-21(26)23(18)2/h3-9,15H,10-14H2,1-2H3. The molecule has 1 fully saturated rings. The van der Waals surface area contributed by atoms with Gasteiger partial charge in [-0.2, -0.15) is 0 Å². The second kappa shape index (κ2) is 7.40. The predicted molar refractivity (Wildman–Crippen MR) is 108 cm³/mol. The number of hydrogen-bond donors (Lipinski definition) is 0. The maximum atomic E-state index is 11.6. The molecule has 0 bridgehead atoms. The molecule has 2 aromatic heterocycles. The third-order valence-electron chi connectivity index (χ3n) is 5.06. The van der Waals surface area contributed by atoms with E-state index in [4.69, 9.17) is 4.42 Å². The van der Waals surface area contributed by atoms with Crippen LogP contribution in [-0.4, -0.2) is 47.2 Å². The zero-order valence-corrected chi connectivity index (χ0v) is 15.8. The topological polar surface area (TPSA) is 54.5 Å². The molecular weight excluding hydrogens is 340 g/mol. The molecule has 3 aromatic rings. The lowest BCUT2D eigenvalue weighted by molar-refractivity contribution is 0.283. The highest BCUT2D eigenvalue weighted by Crippen LogP contribution is 2.16. The van der Waals surface area contributed by atoms with Gasteiger partial charge < -0.3 is 9.32 Å². The number of benzene rings is 1. The summed E-state index contributed by atoms with van der Waals surface area (Å²) in [6.07, 6.45) is 4.25. The maximum Gasteiger partial charge on any atom is 0.419 e. The smallest absolute Gasteiger partial charge is 0.408 e. The number of fused-ring (bicyclic) bond motifs is 1. The molecule has 0 unspecified atom stereocenters. The minimum Gasteiger partial charge on any atom is -0.408 e. The number of pyridine rings is 1.